The van der Waals surface area contributed by atoms with Crippen molar-refractivity contribution in [3.05, 3.63) is 0 Å². The number of hydrogen-bond acceptors (Lipinski definition) is 2. The minimum Gasteiger partial charge on any atom is -0.342 e. The van der Waals surface area contributed by atoms with Crippen LogP contribution in [0.5, 0.6) is 0 Å². The number of carbonyl (C=O) groups is 2. The van der Waals surface area contributed by atoms with Crippen molar-refractivity contribution in [1.29, 1.82) is 0 Å². The number of amides is 2. The van der Waals surface area contributed by atoms with Gasteiger partial charge in [-0.2, -0.15) is 0 Å². The lowest BCUT2D eigenvalue weighted by Gasteiger charge is -2.40. The van der Waals surface area contributed by atoms with Crippen LogP contribution in [0.2, 0.25) is 0 Å². The maximum atomic E-state index is 12.4. The fourth-order valence-electron chi connectivity index (χ4n) is 2.54. The zero-order valence-electron chi connectivity index (χ0n) is 10.9. The van der Waals surface area contributed by atoms with Crippen LogP contribution in [0.3, 0.4) is 0 Å². The molecule has 0 aromatic heterocycles. The summed E-state index contributed by atoms with van der Waals surface area (Å²) in [4.78, 5) is 26.3. The van der Waals surface area contributed by atoms with Gasteiger partial charge in [-0.15, -0.1) is 0 Å². The van der Waals surface area contributed by atoms with Crippen LogP contribution in [0.1, 0.15) is 46.5 Å². The monoisotopic (exact) mass is 238 g/mol. The fraction of sp³-hybridized carbons (Fsp3) is 0.846. The van der Waals surface area contributed by atoms with Crippen molar-refractivity contribution in [1.82, 2.24) is 10.2 Å². The first-order valence-electron chi connectivity index (χ1n) is 6.72. The molecule has 17 heavy (non-hydrogen) atoms. The van der Waals surface area contributed by atoms with Gasteiger partial charge in [0.15, 0.2) is 0 Å². The van der Waals surface area contributed by atoms with Gasteiger partial charge in [0.2, 0.25) is 11.8 Å². The van der Waals surface area contributed by atoms with Crippen molar-refractivity contribution in [2.75, 3.05) is 0 Å². The van der Waals surface area contributed by atoms with Crippen LogP contribution in [0, 0.1) is 5.92 Å². The molecular formula is C13H22N2O2. The van der Waals surface area contributed by atoms with Gasteiger partial charge in [-0.25, -0.2) is 0 Å². The molecule has 0 radical (unpaired) electrons. The first-order chi connectivity index (χ1) is 8.10. The van der Waals surface area contributed by atoms with E-state index in [1.54, 1.807) is 0 Å². The second-order valence-electron chi connectivity index (χ2n) is 5.27. The molecule has 4 heteroatoms. The van der Waals surface area contributed by atoms with E-state index in [0.717, 1.165) is 19.3 Å². The summed E-state index contributed by atoms with van der Waals surface area (Å²) in [5, 5.41) is 2.90. The summed E-state index contributed by atoms with van der Waals surface area (Å²) in [6, 6.07) is -0.226. The van der Waals surface area contributed by atoms with E-state index in [0.29, 0.717) is 12.5 Å². The summed E-state index contributed by atoms with van der Waals surface area (Å²) in [5.74, 6) is 0.378. The molecule has 0 spiro atoms. The second kappa shape index (κ2) is 4.67. The SMILES string of the molecule is CCC(C)C1NC(=O)C(CC)N(C2CC2)C1=O. The summed E-state index contributed by atoms with van der Waals surface area (Å²) in [6.45, 7) is 6.05. The van der Waals surface area contributed by atoms with Gasteiger partial charge in [0.05, 0.1) is 0 Å². The highest BCUT2D eigenvalue weighted by atomic mass is 16.2. The maximum Gasteiger partial charge on any atom is 0.246 e. The molecular weight excluding hydrogens is 216 g/mol. The van der Waals surface area contributed by atoms with Crippen LogP contribution in [0.25, 0.3) is 0 Å². The number of nitrogens with one attached hydrogen (secondary N) is 1. The summed E-state index contributed by atoms with van der Waals surface area (Å²) >= 11 is 0. The van der Waals surface area contributed by atoms with Crippen molar-refractivity contribution in [3.63, 3.8) is 0 Å². The molecule has 0 aromatic carbocycles. The molecule has 1 heterocycles. The Morgan fingerprint density at radius 2 is 2.00 bits per heavy atom. The average Bonchev–Trinajstić information content (AvgIpc) is 3.14. The Hall–Kier alpha value is -1.06. The van der Waals surface area contributed by atoms with Gasteiger partial charge in [0.25, 0.3) is 0 Å². The van der Waals surface area contributed by atoms with E-state index in [4.69, 9.17) is 0 Å². The molecule has 2 rings (SSSR count). The lowest BCUT2D eigenvalue weighted by atomic mass is 9.93. The summed E-state index contributed by atoms with van der Waals surface area (Å²) in [6.07, 6.45) is 3.73. The second-order valence-corrected chi connectivity index (χ2v) is 5.27. The van der Waals surface area contributed by atoms with E-state index in [-0.39, 0.29) is 29.8 Å². The fourth-order valence-corrected chi connectivity index (χ4v) is 2.54. The van der Waals surface area contributed by atoms with Crippen LogP contribution in [-0.4, -0.2) is 34.8 Å². The summed E-state index contributed by atoms with van der Waals surface area (Å²) < 4.78 is 0. The normalized spacial score (nSPS) is 31.4. The molecule has 96 valence electrons. The first-order valence-corrected chi connectivity index (χ1v) is 6.72. The standard InChI is InChI=1S/C13H22N2O2/c1-4-8(3)11-13(17)15(9-6-7-9)10(5-2)12(16)14-11/h8-11H,4-7H2,1-3H3,(H,14,16). The van der Waals surface area contributed by atoms with E-state index in [1.807, 2.05) is 18.7 Å². The van der Waals surface area contributed by atoms with Gasteiger partial charge in [-0.05, 0) is 25.2 Å². The molecule has 0 aromatic rings. The Morgan fingerprint density at radius 3 is 2.47 bits per heavy atom. The first kappa shape index (κ1) is 12.4. The lowest BCUT2D eigenvalue weighted by molar-refractivity contribution is -0.151. The molecule has 2 fully saturated rings. The maximum absolute atomic E-state index is 12.4. The molecule has 2 amide bonds. The number of nitrogens with zero attached hydrogens (tertiary/aromatic N) is 1. The largest absolute Gasteiger partial charge is 0.342 e. The summed E-state index contributed by atoms with van der Waals surface area (Å²) in [7, 11) is 0. The smallest absolute Gasteiger partial charge is 0.246 e. The van der Waals surface area contributed by atoms with Gasteiger partial charge in [-0.1, -0.05) is 27.2 Å². The Labute approximate surface area is 103 Å². The van der Waals surface area contributed by atoms with Crippen molar-refractivity contribution in [2.45, 2.75) is 64.6 Å². The van der Waals surface area contributed by atoms with E-state index >= 15 is 0 Å². The average molecular weight is 238 g/mol. The quantitative estimate of drug-likeness (QED) is 0.802. The molecule has 1 saturated carbocycles. The third-order valence-corrected chi connectivity index (χ3v) is 4.00. The van der Waals surface area contributed by atoms with E-state index in [9.17, 15) is 9.59 Å². The Kier molecular flexibility index (Phi) is 3.40. The minimum atomic E-state index is -0.309. The van der Waals surface area contributed by atoms with Gasteiger partial charge in [0, 0.05) is 6.04 Å². The number of rotatable bonds is 4. The molecule has 1 saturated heterocycles. The molecule has 1 N–H and O–H groups in total. The van der Waals surface area contributed by atoms with Gasteiger partial charge >= 0.3 is 0 Å². The molecule has 0 bridgehead atoms. The van der Waals surface area contributed by atoms with E-state index < -0.39 is 0 Å². The molecule has 4 nitrogen and oxygen atoms in total. The van der Waals surface area contributed by atoms with Crippen LogP contribution >= 0.6 is 0 Å². The zero-order valence-corrected chi connectivity index (χ0v) is 10.9. The third-order valence-electron chi connectivity index (χ3n) is 4.00. The van der Waals surface area contributed by atoms with Crippen LogP contribution in [0.15, 0.2) is 0 Å². The van der Waals surface area contributed by atoms with Crippen molar-refractivity contribution in [3.8, 4) is 0 Å². The Balaban J connectivity index is 2.20. The lowest BCUT2D eigenvalue weighted by Crippen LogP contribution is -2.65. The van der Waals surface area contributed by atoms with Crippen LogP contribution in [-0.2, 0) is 9.59 Å². The van der Waals surface area contributed by atoms with Crippen LogP contribution < -0.4 is 5.32 Å². The predicted octanol–water partition coefficient (Wildman–Crippen LogP) is 1.30. The number of carbonyl (C=O) groups excluding carboxylic acids is 2. The third kappa shape index (κ3) is 2.17. The molecule has 3 unspecified atom stereocenters. The highest BCUT2D eigenvalue weighted by molar-refractivity contribution is 5.97. The van der Waals surface area contributed by atoms with Gasteiger partial charge < -0.3 is 10.2 Å². The van der Waals surface area contributed by atoms with E-state index in [2.05, 4.69) is 12.2 Å². The van der Waals surface area contributed by atoms with Crippen molar-refractivity contribution in [2.24, 2.45) is 5.92 Å². The topological polar surface area (TPSA) is 49.4 Å². The molecule has 3 atom stereocenters. The minimum absolute atomic E-state index is 0.0318. The Bertz CT molecular complexity index is 325. The zero-order chi connectivity index (χ0) is 12.6. The molecule has 1 aliphatic carbocycles. The Morgan fingerprint density at radius 1 is 1.35 bits per heavy atom. The number of piperazine rings is 1. The van der Waals surface area contributed by atoms with Gasteiger partial charge in [-0.3, -0.25) is 9.59 Å². The predicted molar refractivity (Wildman–Crippen MR) is 65.3 cm³/mol. The van der Waals surface area contributed by atoms with Gasteiger partial charge in [0.1, 0.15) is 12.1 Å². The van der Waals surface area contributed by atoms with Crippen molar-refractivity contribution < 1.29 is 9.59 Å². The van der Waals surface area contributed by atoms with E-state index in [1.165, 1.54) is 0 Å². The van der Waals surface area contributed by atoms with Crippen molar-refractivity contribution >= 4 is 11.8 Å². The highest BCUT2D eigenvalue weighted by Crippen LogP contribution is 2.33. The summed E-state index contributed by atoms with van der Waals surface area (Å²) in [5.41, 5.74) is 0. The number of hydrogen-bond donors (Lipinski definition) is 1. The molecule has 2 aliphatic rings. The highest BCUT2D eigenvalue weighted by Gasteiger charge is 2.47. The molecule has 1 aliphatic heterocycles. The van der Waals surface area contributed by atoms with Crippen LogP contribution in [0.4, 0.5) is 0 Å².